The number of esters is 1. The highest BCUT2D eigenvalue weighted by Crippen LogP contribution is 2.49. The third-order valence-corrected chi connectivity index (χ3v) is 7.44. The smallest absolute Gasteiger partial charge is 0.343 e. The van der Waals surface area contributed by atoms with Crippen LogP contribution in [0, 0.1) is 23.0 Å². The Morgan fingerprint density at radius 2 is 1.60 bits per heavy atom. The monoisotopic (exact) mass is 579 g/mol. The zero-order valence-electron chi connectivity index (χ0n) is 23.1. The van der Waals surface area contributed by atoms with Gasteiger partial charge in [0.1, 0.15) is 5.92 Å². The van der Waals surface area contributed by atoms with E-state index < -0.39 is 40.8 Å². The number of ether oxygens (including phenoxy) is 2. The van der Waals surface area contributed by atoms with Crippen molar-refractivity contribution in [2.24, 2.45) is 5.92 Å². The highest BCUT2D eigenvalue weighted by atomic mass is 16.7. The molecule has 6 rings (SSSR count). The first-order valence-corrected chi connectivity index (χ1v) is 13.4. The molecule has 0 radical (unpaired) electrons. The van der Waals surface area contributed by atoms with Gasteiger partial charge in [0, 0.05) is 12.1 Å². The Morgan fingerprint density at radius 1 is 0.860 bits per heavy atom. The van der Waals surface area contributed by atoms with E-state index in [2.05, 4.69) is 0 Å². The Kier molecular flexibility index (Phi) is 7.08. The van der Waals surface area contributed by atoms with E-state index in [0.29, 0.717) is 16.8 Å². The molecule has 2 aliphatic heterocycles. The molecule has 0 saturated carbocycles. The lowest BCUT2D eigenvalue weighted by molar-refractivity contribution is -0.384. The molecular formula is C32H25N3O8. The van der Waals surface area contributed by atoms with Crippen molar-refractivity contribution in [1.29, 1.82) is 0 Å². The van der Waals surface area contributed by atoms with Crippen molar-refractivity contribution < 1.29 is 33.6 Å². The number of aryl methyl sites for hydroxylation is 1. The van der Waals surface area contributed by atoms with Crippen molar-refractivity contribution in [3.8, 4) is 11.5 Å². The Balaban J connectivity index is 1.40. The molecule has 0 aliphatic carbocycles. The minimum atomic E-state index is -1.18. The normalized spacial score (nSPS) is 19.3. The van der Waals surface area contributed by atoms with Gasteiger partial charge in [-0.2, -0.15) is 0 Å². The molecule has 0 aromatic heterocycles. The van der Waals surface area contributed by atoms with Gasteiger partial charge < -0.3 is 9.47 Å². The molecule has 3 atom stereocenters. The van der Waals surface area contributed by atoms with Crippen molar-refractivity contribution in [2.45, 2.75) is 19.1 Å². The van der Waals surface area contributed by atoms with E-state index in [0.717, 1.165) is 10.5 Å². The molecular weight excluding hydrogens is 554 g/mol. The first-order valence-electron chi connectivity index (χ1n) is 13.4. The fourth-order valence-corrected chi connectivity index (χ4v) is 5.35. The Labute approximate surface area is 245 Å². The van der Waals surface area contributed by atoms with Gasteiger partial charge in [0.25, 0.3) is 11.6 Å². The molecule has 4 aromatic rings. The minimum Gasteiger partial charge on any atom is -0.493 e. The van der Waals surface area contributed by atoms with Crippen LogP contribution < -0.4 is 19.4 Å². The van der Waals surface area contributed by atoms with Crippen LogP contribution in [0.3, 0.4) is 0 Å². The van der Waals surface area contributed by atoms with Gasteiger partial charge in [0.2, 0.25) is 5.91 Å². The van der Waals surface area contributed by atoms with Crippen molar-refractivity contribution >= 4 is 34.8 Å². The van der Waals surface area contributed by atoms with Crippen LogP contribution in [0.5, 0.6) is 11.5 Å². The number of nitro benzene ring substituents is 1. The topological polar surface area (TPSA) is 129 Å². The SMILES string of the molecule is COc1cc([C@@H]2[C@@H]3C(=O)N(c4ccc(C)cc4)C(=O)[C@H]3ON2c2cccc([N+](=O)[O-])c2)ccc1OC(=O)c1ccccc1. The molecule has 4 aromatic carbocycles. The van der Waals surface area contributed by atoms with Crippen LogP contribution in [0.2, 0.25) is 0 Å². The molecule has 2 amide bonds. The van der Waals surface area contributed by atoms with Gasteiger partial charge in [-0.15, -0.1) is 0 Å². The molecule has 2 aliphatic rings. The maximum atomic E-state index is 13.9. The van der Waals surface area contributed by atoms with Crippen LogP contribution in [0.1, 0.15) is 27.5 Å². The molecule has 11 heteroatoms. The van der Waals surface area contributed by atoms with E-state index in [9.17, 15) is 24.5 Å². The number of nitro groups is 1. The number of hydrogen-bond donors (Lipinski definition) is 0. The standard InChI is InChI=1S/C32H25N3O8/c1-19-11-14-22(15-12-19)33-30(36)27-28(34(43-29(27)31(33)37)23-9-6-10-24(18-23)35(39)40)21-13-16-25(26(17-21)41-2)42-32(38)20-7-4-3-5-8-20/h3-18,27-29H,1-2H3/t27-,28+,29-/m0/s1. The molecule has 0 spiro atoms. The number of methoxy groups -OCH3 is 1. The maximum absolute atomic E-state index is 13.9. The number of rotatable bonds is 7. The molecule has 43 heavy (non-hydrogen) atoms. The Morgan fingerprint density at radius 3 is 2.30 bits per heavy atom. The van der Waals surface area contributed by atoms with Crippen LogP contribution in [-0.4, -0.2) is 35.9 Å². The second-order valence-corrected chi connectivity index (χ2v) is 10.1. The van der Waals surface area contributed by atoms with Crippen molar-refractivity contribution in [3.05, 3.63) is 124 Å². The van der Waals surface area contributed by atoms with Gasteiger partial charge in [-0.25, -0.2) is 14.8 Å². The van der Waals surface area contributed by atoms with E-state index in [-0.39, 0.29) is 22.9 Å². The number of carbonyl (C=O) groups is 3. The first-order chi connectivity index (χ1) is 20.8. The number of hydrogen-bond acceptors (Lipinski definition) is 9. The van der Waals surface area contributed by atoms with Gasteiger partial charge in [0.05, 0.1) is 35.0 Å². The second kappa shape index (κ2) is 11.0. The lowest BCUT2D eigenvalue weighted by Gasteiger charge is -2.29. The number of anilines is 2. The summed E-state index contributed by atoms with van der Waals surface area (Å²) in [5.41, 5.74) is 2.34. The summed E-state index contributed by atoms with van der Waals surface area (Å²) in [7, 11) is 1.41. The predicted molar refractivity (Wildman–Crippen MR) is 155 cm³/mol. The van der Waals surface area contributed by atoms with E-state index >= 15 is 0 Å². The van der Waals surface area contributed by atoms with E-state index in [1.807, 2.05) is 6.92 Å². The Hall–Kier alpha value is -5.55. The van der Waals surface area contributed by atoms with Gasteiger partial charge in [-0.05, 0) is 55.0 Å². The lowest BCUT2D eigenvalue weighted by atomic mass is 9.90. The lowest BCUT2D eigenvalue weighted by Crippen LogP contribution is -2.37. The molecule has 11 nitrogen and oxygen atoms in total. The summed E-state index contributed by atoms with van der Waals surface area (Å²) in [6.45, 7) is 1.90. The molecule has 2 heterocycles. The van der Waals surface area contributed by atoms with Crippen molar-refractivity contribution in [2.75, 3.05) is 17.1 Å². The summed E-state index contributed by atoms with van der Waals surface area (Å²) < 4.78 is 11.1. The average molecular weight is 580 g/mol. The molecule has 0 unspecified atom stereocenters. The van der Waals surface area contributed by atoms with E-state index in [4.69, 9.17) is 14.3 Å². The number of amides is 2. The summed E-state index contributed by atoms with van der Waals surface area (Å²) >= 11 is 0. The van der Waals surface area contributed by atoms with Gasteiger partial charge in [-0.3, -0.25) is 24.5 Å². The Bertz CT molecular complexity index is 1740. The maximum Gasteiger partial charge on any atom is 0.343 e. The third-order valence-electron chi connectivity index (χ3n) is 7.44. The quantitative estimate of drug-likeness (QED) is 0.0956. The van der Waals surface area contributed by atoms with Crippen LogP contribution >= 0.6 is 0 Å². The number of fused-ring (bicyclic) bond motifs is 1. The van der Waals surface area contributed by atoms with Crippen LogP contribution in [0.25, 0.3) is 0 Å². The predicted octanol–water partition coefficient (Wildman–Crippen LogP) is 5.18. The average Bonchev–Trinajstić information content (AvgIpc) is 3.53. The number of hydroxylamine groups is 1. The van der Waals surface area contributed by atoms with Crippen molar-refractivity contribution in [3.63, 3.8) is 0 Å². The van der Waals surface area contributed by atoms with Gasteiger partial charge in [0.15, 0.2) is 17.6 Å². The second-order valence-electron chi connectivity index (χ2n) is 10.1. The number of non-ortho nitro benzene ring substituents is 1. The van der Waals surface area contributed by atoms with Crippen LogP contribution in [0.4, 0.5) is 17.1 Å². The van der Waals surface area contributed by atoms with Gasteiger partial charge in [-0.1, -0.05) is 48.0 Å². The summed E-state index contributed by atoms with van der Waals surface area (Å²) in [5, 5.41) is 12.9. The summed E-state index contributed by atoms with van der Waals surface area (Å²) in [4.78, 5) is 58.5. The number of benzene rings is 4. The third kappa shape index (κ3) is 4.95. The molecule has 0 bridgehead atoms. The highest BCUT2D eigenvalue weighted by molar-refractivity contribution is 6.24. The molecule has 2 saturated heterocycles. The fraction of sp³-hybridized carbons (Fsp3) is 0.156. The van der Waals surface area contributed by atoms with Crippen molar-refractivity contribution in [1.82, 2.24) is 0 Å². The minimum absolute atomic E-state index is 0.146. The number of imide groups is 1. The largest absolute Gasteiger partial charge is 0.493 e. The van der Waals surface area contributed by atoms with E-state index in [1.54, 1.807) is 72.8 Å². The fourth-order valence-electron chi connectivity index (χ4n) is 5.35. The number of nitrogens with zero attached hydrogens (tertiary/aromatic N) is 3. The number of carbonyl (C=O) groups excluding carboxylic acids is 3. The molecule has 2 fully saturated rings. The summed E-state index contributed by atoms with van der Waals surface area (Å²) in [6, 6.07) is 25.1. The molecule has 0 N–H and O–H groups in total. The van der Waals surface area contributed by atoms with Crippen LogP contribution in [-0.2, 0) is 14.4 Å². The van der Waals surface area contributed by atoms with E-state index in [1.165, 1.54) is 36.4 Å². The summed E-state index contributed by atoms with van der Waals surface area (Å²) in [5.74, 6) is -2.24. The van der Waals surface area contributed by atoms with Crippen LogP contribution in [0.15, 0.2) is 97.1 Å². The molecule has 216 valence electrons. The summed E-state index contributed by atoms with van der Waals surface area (Å²) in [6.07, 6.45) is -1.18. The highest BCUT2D eigenvalue weighted by Gasteiger charge is 2.60. The first kappa shape index (κ1) is 27.6. The zero-order valence-corrected chi connectivity index (χ0v) is 23.1. The van der Waals surface area contributed by atoms with Gasteiger partial charge >= 0.3 is 5.97 Å². The zero-order chi connectivity index (χ0) is 30.2.